The van der Waals surface area contributed by atoms with E-state index < -0.39 is 0 Å². The fraction of sp³-hybridized carbons (Fsp3) is 0.250. The first kappa shape index (κ1) is 14.6. The first-order chi connectivity index (χ1) is 9.10. The van der Waals surface area contributed by atoms with Gasteiger partial charge in [-0.25, -0.2) is 0 Å². The summed E-state index contributed by atoms with van der Waals surface area (Å²) in [5.41, 5.74) is 4.77. The molecule has 0 aliphatic heterocycles. The lowest BCUT2D eigenvalue weighted by Gasteiger charge is -2.14. The number of halogens is 2. The summed E-state index contributed by atoms with van der Waals surface area (Å²) in [6.07, 6.45) is 0. The van der Waals surface area contributed by atoms with E-state index in [-0.39, 0.29) is 0 Å². The van der Waals surface area contributed by atoms with Crippen molar-refractivity contribution in [2.24, 2.45) is 0 Å². The van der Waals surface area contributed by atoms with Gasteiger partial charge in [0.15, 0.2) is 0 Å². The fourth-order valence-corrected chi connectivity index (χ4v) is 2.98. The summed E-state index contributed by atoms with van der Waals surface area (Å²) >= 11 is 7.03. The highest BCUT2D eigenvalue weighted by Gasteiger charge is 2.08. The second-order valence-electron chi connectivity index (χ2n) is 4.62. The topological polar surface area (TPSA) is 9.23 Å². The van der Waals surface area contributed by atoms with Gasteiger partial charge in [-0.3, -0.25) is 0 Å². The highest BCUT2D eigenvalue weighted by molar-refractivity contribution is 9.10. The molecule has 0 aromatic heterocycles. The quantitative estimate of drug-likeness (QED) is 0.629. The molecule has 0 bridgehead atoms. The van der Waals surface area contributed by atoms with Crippen LogP contribution in [0.1, 0.15) is 22.3 Å². The molecule has 2 aromatic carbocycles. The molecule has 1 nitrogen and oxygen atoms in total. The van der Waals surface area contributed by atoms with Crippen molar-refractivity contribution in [1.29, 1.82) is 0 Å². The maximum absolute atomic E-state index is 5.99. The highest BCUT2D eigenvalue weighted by atomic mass is 79.9. The van der Waals surface area contributed by atoms with E-state index in [2.05, 4.69) is 82.1 Å². The summed E-state index contributed by atoms with van der Waals surface area (Å²) in [4.78, 5) is 0. The van der Waals surface area contributed by atoms with Gasteiger partial charge in [-0.15, -0.1) is 0 Å². The molecule has 0 N–H and O–H groups in total. The molecule has 2 rings (SSSR count). The van der Waals surface area contributed by atoms with E-state index in [1.165, 1.54) is 16.7 Å². The zero-order chi connectivity index (χ0) is 13.8. The number of rotatable bonds is 4. The van der Waals surface area contributed by atoms with E-state index in [4.69, 9.17) is 4.74 Å². The SMILES string of the molecule is Cc1ccc(COc2c(C)cc(Br)cc2CBr)cc1. The summed E-state index contributed by atoms with van der Waals surface area (Å²) in [6, 6.07) is 12.6. The molecule has 100 valence electrons. The van der Waals surface area contributed by atoms with Crippen molar-refractivity contribution in [2.75, 3.05) is 0 Å². The van der Waals surface area contributed by atoms with Gasteiger partial charge in [-0.05, 0) is 37.1 Å². The largest absolute Gasteiger partial charge is 0.488 e. The lowest BCUT2D eigenvalue weighted by molar-refractivity contribution is 0.301. The van der Waals surface area contributed by atoms with Crippen molar-refractivity contribution in [3.63, 3.8) is 0 Å². The molecule has 3 heteroatoms. The standard InChI is InChI=1S/C16H16Br2O/c1-11-3-5-13(6-4-11)10-19-16-12(2)7-15(18)8-14(16)9-17/h3-8H,9-10H2,1-2H3. The van der Waals surface area contributed by atoms with Crippen LogP contribution >= 0.6 is 31.9 Å². The van der Waals surface area contributed by atoms with Crippen LogP contribution in [0.25, 0.3) is 0 Å². The van der Waals surface area contributed by atoms with Gasteiger partial charge < -0.3 is 4.74 Å². The molecule has 0 radical (unpaired) electrons. The highest BCUT2D eigenvalue weighted by Crippen LogP contribution is 2.30. The van der Waals surface area contributed by atoms with Crippen molar-refractivity contribution < 1.29 is 4.74 Å². The molecule has 0 unspecified atom stereocenters. The van der Waals surface area contributed by atoms with Crippen LogP contribution in [0.5, 0.6) is 5.75 Å². The predicted molar refractivity (Wildman–Crippen MR) is 87.0 cm³/mol. The number of alkyl halides is 1. The Morgan fingerprint density at radius 3 is 2.37 bits per heavy atom. The van der Waals surface area contributed by atoms with E-state index in [1.54, 1.807) is 0 Å². The molecular formula is C16H16Br2O. The van der Waals surface area contributed by atoms with E-state index in [0.29, 0.717) is 6.61 Å². The molecule has 0 aliphatic rings. The minimum atomic E-state index is 0.600. The fourth-order valence-electron chi connectivity index (χ4n) is 1.94. The van der Waals surface area contributed by atoms with Crippen molar-refractivity contribution >= 4 is 31.9 Å². The van der Waals surface area contributed by atoms with Crippen molar-refractivity contribution in [3.8, 4) is 5.75 Å². The third-order valence-electron chi connectivity index (χ3n) is 2.96. The van der Waals surface area contributed by atoms with Crippen molar-refractivity contribution in [1.82, 2.24) is 0 Å². The van der Waals surface area contributed by atoms with E-state index in [0.717, 1.165) is 21.1 Å². The number of hydrogen-bond acceptors (Lipinski definition) is 1. The molecule has 0 atom stereocenters. The van der Waals surface area contributed by atoms with Gasteiger partial charge in [-0.1, -0.05) is 61.7 Å². The minimum absolute atomic E-state index is 0.600. The normalized spacial score (nSPS) is 10.5. The third-order valence-corrected chi connectivity index (χ3v) is 4.03. The second kappa shape index (κ2) is 6.58. The molecule has 19 heavy (non-hydrogen) atoms. The van der Waals surface area contributed by atoms with Crippen LogP contribution in [-0.2, 0) is 11.9 Å². The molecule has 0 saturated carbocycles. The lowest BCUT2D eigenvalue weighted by Crippen LogP contribution is -2.00. The zero-order valence-electron chi connectivity index (χ0n) is 11.0. The molecular weight excluding hydrogens is 368 g/mol. The average molecular weight is 384 g/mol. The minimum Gasteiger partial charge on any atom is -0.488 e. The maximum atomic E-state index is 5.99. The van der Waals surface area contributed by atoms with Crippen molar-refractivity contribution in [2.45, 2.75) is 25.8 Å². The maximum Gasteiger partial charge on any atom is 0.126 e. The van der Waals surface area contributed by atoms with Gasteiger partial charge in [0.25, 0.3) is 0 Å². The van der Waals surface area contributed by atoms with E-state index in [9.17, 15) is 0 Å². The Morgan fingerprint density at radius 2 is 1.74 bits per heavy atom. The van der Waals surface area contributed by atoms with Gasteiger partial charge in [0.2, 0.25) is 0 Å². The van der Waals surface area contributed by atoms with Gasteiger partial charge in [0, 0.05) is 15.4 Å². The number of aryl methyl sites for hydroxylation is 2. The Labute approximate surface area is 131 Å². The van der Waals surface area contributed by atoms with E-state index in [1.807, 2.05) is 0 Å². The predicted octanol–water partition coefficient (Wildman–Crippen LogP) is 5.54. The Bertz CT molecular complexity index is 562. The molecule has 0 saturated heterocycles. The Morgan fingerprint density at radius 1 is 1.05 bits per heavy atom. The van der Waals surface area contributed by atoms with Gasteiger partial charge in [0.05, 0.1) is 0 Å². The average Bonchev–Trinajstić information content (AvgIpc) is 2.39. The molecule has 0 fully saturated rings. The second-order valence-corrected chi connectivity index (χ2v) is 6.10. The summed E-state index contributed by atoms with van der Waals surface area (Å²) < 4.78 is 7.07. The van der Waals surface area contributed by atoms with Crippen LogP contribution in [0.15, 0.2) is 40.9 Å². The van der Waals surface area contributed by atoms with Crippen LogP contribution in [0.4, 0.5) is 0 Å². The first-order valence-corrected chi connectivity index (χ1v) is 8.05. The summed E-state index contributed by atoms with van der Waals surface area (Å²) in [6.45, 7) is 4.76. The summed E-state index contributed by atoms with van der Waals surface area (Å²) in [5.74, 6) is 0.973. The number of ether oxygens (including phenoxy) is 1. The Balaban J connectivity index is 2.17. The molecule has 0 aliphatic carbocycles. The van der Waals surface area contributed by atoms with Gasteiger partial charge in [0.1, 0.15) is 12.4 Å². The summed E-state index contributed by atoms with van der Waals surface area (Å²) in [7, 11) is 0. The first-order valence-electron chi connectivity index (χ1n) is 6.13. The van der Waals surface area contributed by atoms with Gasteiger partial charge in [-0.2, -0.15) is 0 Å². The molecule has 0 spiro atoms. The van der Waals surface area contributed by atoms with Gasteiger partial charge >= 0.3 is 0 Å². The third kappa shape index (κ3) is 3.83. The number of hydrogen-bond donors (Lipinski definition) is 0. The smallest absolute Gasteiger partial charge is 0.126 e. The summed E-state index contributed by atoms with van der Waals surface area (Å²) in [5, 5.41) is 0.788. The Hall–Kier alpha value is -0.800. The van der Waals surface area contributed by atoms with E-state index >= 15 is 0 Å². The Kier molecular flexibility index (Phi) is 5.06. The van der Waals surface area contributed by atoms with Crippen molar-refractivity contribution in [3.05, 3.63) is 63.1 Å². The van der Waals surface area contributed by atoms with Crippen LogP contribution < -0.4 is 4.74 Å². The molecule has 0 heterocycles. The number of benzene rings is 2. The monoisotopic (exact) mass is 382 g/mol. The molecule has 2 aromatic rings. The van der Waals surface area contributed by atoms with Crippen LogP contribution in [0.3, 0.4) is 0 Å². The zero-order valence-corrected chi connectivity index (χ0v) is 14.2. The lowest BCUT2D eigenvalue weighted by atomic mass is 10.1. The van der Waals surface area contributed by atoms with Crippen LogP contribution in [-0.4, -0.2) is 0 Å². The molecule has 0 amide bonds. The van der Waals surface area contributed by atoms with Crippen LogP contribution in [0, 0.1) is 13.8 Å². The van der Waals surface area contributed by atoms with Crippen LogP contribution in [0.2, 0.25) is 0 Å².